The number of nitrogens with two attached hydrogens (primary N) is 1. The first kappa shape index (κ1) is 13.9. The fourth-order valence-corrected chi connectivity index (χ4v) is 1.49. The number of alkyl halides is 1. The zero-order valence-corrected chi connectivity index (χ0v) is 9.88. The molecular weight excluding hydrogens is 252 g/mol. The maximum Gasteiger partial charge on any atom is 0.342 e. The van der Waals surface area contributed by atoms with Crippen LogP contribution in [0.15, 0.2) is 18.2 Å². The van der Waals surface area contributed by atoms with Crippen molar-refractivity contribution in [3.8, 4) is 0 Å². The number of hydrogen-bond donors (Lipinski definition) is 1. The van der Waals surface area contributed by atoms with Crippen LogP contribution in [0.3, 0.4) is 0 Å². The molecule has 0 spiro atoms. The van der Waals surface area contributed by atoms with Gasteiger partial charge in [0.2, 0.25) is 6.17 Å². The Labute approximate surface area is 103 Å². The van der Waals surface area contributed by atoms with E-state index in [1.807, 2.05) is 0 Å². The Balaban J connectivity index is 2.92. The molecule has 3 nitrogen and oxygen atoms in total. The van der Waals surface area contributed by atoms with Gasteiger partial charge in [0.15, 0.2) is 0 Å². The molecule has 0 aliphatic rings. The van der Waals surface area contributed by atoms with E-state index in [4.69, 9.17) is 17.3 Å². The van der Waals surface area contributed by atoms with E-state index >= 15 is 0 Å². The molecule has 0 aromatic heterocycles. The highest BCUT2D eigenvalue weighted by molar-refractivity contribution is 6.30. The van der Waals surface area contributed by atoms with E-state index in [9.17, 15) is 13.6 Å². The molecule has 1 aromatic carbocycles. The Kier molecular flexibility index (Phi) is 4.84. The molecule has 94 valence electrons. The minimum absolute atomic E-state index is 0.0317. The highest BCUT2D eigenvalue weighted by Gasteiger charge is 2.30. The lowest BCUT2D eigenvalue weighted by Crippen LogP contribution is -2.32. The second-order valence-electron chi connectivity index (χ2n) is 3.32. The summed E-state index contributed by atoms with van der Waals surface area (Å²) in [6, 6.07) is 2.58. The third kappa shape index (κ3) is 3.14. The van der Waals surface area contributed by atoms with E-state index in [-0.39, 0.29) is 17.2 Å². The first-order valence-corrected chi connectivity index (χ1v) is 5.37. The highest BCUT2D eigenvalue weighted by Crippen LogP contribution is 2.25. The minimum atomic E-state index is -2.12. The Morgan fingerprint density at radius 2 is 2.24 bits per heavy atom. The molecule has 1 aromatic rings. The number of halogens is 3. The van der Waals surface area contributed by atoms with Gasteiger partial charge in [-0.25, -0.2) is 13.6 Å². The van der Waals surface area contributed by atoms with Crippen molar-refractivity contribution in [1.29, 1.82) is 0 Å². The predicted molar refractivity (Wildman–Crippen MR) is 59.9 cm³/mol. The summed E-state index contributed by atoms with van der Waals surface area (Å²) < 4.78 is 31.6. The molecule has 0 aliphatic carbocycles. The minimum Gasteiger partial charge on any atom is -0.464 e. The average molecular weight is 264 g/mol. The van der Waals surface area contributed by atoms with Gasteiger partial charge in [-0.15, -0.1) is 0 Å². The first-order chi connectivity index (χ1) is 7.99. The van der Waals surface area contributed by atoms with Crippen molar-refractivity contribution < 1.29 is 18.3 Å². The molecule has 0 radical (unpaired) electrons. The quantitative estimate of drug-likeness (QED) is 0.849. The maximum atomic E-state index is 13.6. The average Bonchev–Trinajstić information content (AvgIpc) is 2.31. The third-order valence-corrected chi connectivity index (χ3v) is 2.46. The molecule has 17 heavy (non-hydrogen) atoms. The summed E-state index contributed by atoms with van der Waals surface area (Å²) >= 11 is 5.53. The van der Waals surface area contributed by atoms with Crippen LogP contribution in [0.5, 0.6) is 0 Å². The molecule has 0 saturated carbocycles. The Morgan fingerprint density at radius 3 is 2.82 bits per heavy atom. The van der Waals surface area contributed by atoms with Crippen LogP contribution in [0.25, 0.3) is 0 Å². The topological polar surface area (TPSA) is 52.3 Å². The molecule has 0 bridgehead atoms. The molecular formula is C11H12ClF2NO2. The van der Waals surface area contributed by atoms with E-state index in [1.165, 1.54) is 25.1 Å². The summed E-state index contributed by atoms with van der Waals surface area (Å²) in [6.45, 7) is 1.57. The van der Waals surface area contributed by atoms with E-state index < -0.39 is 24.0 Å². The molecule has 0 saturated heterocycles. The predicted octanol–water partition coefficient (Wildman–Crippen LogP) is 2.38. The summed E-state index contributed by atoms with van der Waals surface area (Å²) in [5.41, 5.74) is 5.31. The van der Waals surface area contributed by atoms with Crippen LogP contribution >= 0.6 is 11.6 Å². The monoisotopic (exact) mass is 263 g/mol. The lowest BCUT2D eigenvalue weighted by Gasteiger charge is -2.16. The van der Waals surface area contributed by atoms with Crippen molar-refractivity contribution in [3.05, 3.63) is 34.6 Å². The SMILES string of the molecule is CCOC(=O)C(F)[C@@H](N)c1cccc(Cl)c1F. The van der Waals surface area contributed by atoms with Crippen LogP contribution in [0.4, 0.5) is 8.78 Å². The smallest absolute Gasteiger partial charge is 0.342 e. The molecule has 6 heteroatoms. The summed E-state index contributed by atoms with van der Waals surface area (Å²) in [7, 11) is 0. The number of benzene rings is 1. The van der Waals surface area contributed by atoms with Crippen LogP contribution in [0.2, 0.25) is 5.02 Å². The standard InChI is InChI=1S/C11H12ClF2NO2/c1-2-17-11(16)9(14)10(15)6-4-3-5-7(12)8(6)13/h3-5,9-10H,2,15H2,1H3/t9?,10-/m0/s1. The van der Waals surface area contributed by atoms with Gasteiger partial charge in [-0.2, -0.15) is 0 Å². The normalized spacial score (nSPS) is 14.2. The molecule has 1 rings (SSSR count). The van der Waals surface area contributed by atoms with Gasteiger partial charge in [-0.05, 0) is 13.0 Å². The molecule has 0 amide bonds. The van der Waals surface area contributed by atoms with E-state index in [0.717, 1.165) is 0 Å². The molecule has 0 aliphatic heterocycles. The summed E-state index contributed by atoms with van der Waals surface area (Å²) in [5.74, 6) is -1.94. The second kappa shape index (κ2) is 5.93. The van der Waals surface area contributed by atoms with Crippen molar-refractivity contribution in [1.82, 2.24) is 0 Å². The lowest BCUT2D eigenvalue weighted by molar-refractivity contribution is -0.149. The molecule has 0 fully saturated rings. The van der Waals surface area contributed by atoms with E-state index in [2.05, 4.69) is 4.74 Å². The van der Waals surface area contributed by atoms with E-state index in [0.29, 0.717) is 0 Å². The van der Waals surface area contributed by atoms with Gasteiger partial charge in [0, 0.05) is 5.56 Å². The lowest BCUT2D eigenvalue weighted by atomic mass is 10.0. The second-order valence-corrected chi connectivity index (χ2v) is 3.73. The zero-order chi connectivity index (χ0) is 13.0. The third-order valence-electron chi connectivity index (χ3n) is 2.17. The Morgan fingerprint density at radius 1 is 1.59 bits per heavy atom. The maximum absolute atomic E-state index is 13.6. The molecule has 2 N–H and O–H groups in total. The van der Waals surface area contributed by atoms with Crippen molar-refractivity contribution >= 4 is 17.6 Å². The van der Waals surface area contributed by atoms with Crippen molar-refractivity contribution in [2.75, 3.05) is 6.61 Å². The van der Waals surface area contributed by atoms with Crippen LogP contribution in [0.1, 0.15) is 18.5 Å². The number of carbonyl (C=O) groups is 1. The van der Waals surface area contributed by atoms with Gasteiger partial charge < -0.3 is 10.5 Å². The van der Waals surface area contributed by atoms with Gasteiger partial charge in [0.05, 0.1) is 17.7 Å². The van der Waals surface area contributed by atoms with Gasteiger partial charge in [-0.3, -0.25) is 0 Å². The van der Waals surface area contributed by atoms with Crippen molar-refractivity contribution in [3.63, 3.8) is 0 Å². The Bertz CT molecular complexity index is 414. The summed E-state index contributed by atoms with van der Waals surface area (Å²) in [6.07, 6.45) is -2.12. The van der Waals surface area contributed by atoms with Crippen LogP contribution in [0, 0.1) is 5.82 Å². The molecule has 0 heterocycles. The summed E-state index contributed by atoms with van der Waals surface area (Å²) in [4.78, 5) is 11.1. The van der Waals surface area contributed by atoms with Crippen LogP contribution in [-0.4, -0.2) is 18.7 Å². The number of ether oxygens (including phenoxy) is 1. The summed E-state index contributed by atoms with van der Waals surface area (Å²) in [5, 5.41) is -0.172. The Hall–Kier alpha value is -1.20. The highest BCUT2D eigenvalue weighted by atomic mass is 35.5. The van der Waals surface area contributed by atoms with Gasteiger partial charge in [0.1, 0.15) is 5.82 Å². The number of esters is 1. The number of hydrogen-bond acceptors (Lipinski definition) is 3. The van der Waals surface area contributed by atoms with Gasteiger partial charge in [-0.1, -0.05) is 23.7 Å². The fourth-order valence-electron chi connectivity index (χ4n) is 1.30. The molecule has 1 unspecified atom stereocenters. The van der Waals surface area contributed by atoms with Crippen molar-refractivity contribution in [2.45, 2.75) is 19.1 Å². The van der Waals surface area contributed by atoms with Crippen LogP contribution < -0.4 is 5.73 Å². The van der Waals surface area contributed by atoms with Crippen molar-refractivity contribution in [2.24, 2.45) is 5.73 Å². The fraction of sp³-hybridized carbons (Fsp3) is 0.364. The first-order valence-electron chi connectivity index (χ1n) is 4.99. The largest absolute Gasteiger partial charge is 0.464 e. The number of carbonyl (C=O) groups excluding carboxylic acids is 1. The molecule has 2 atom stereocenters. The van der Waals surface area contributed by atoms with E-state index in [1.54, 1.807) is 0 Å². The van der Waals surface area contributed by atoms with Gasteiger partial charge in [0.25, 0.3) is 0 Å². The number of rotatable bonds is 4. The zero-order valence-electron chi connectivity index (χ0n) is 9.12. The van der Waals surface area contributed by atoms with Gasteiger partial charge >= 0.3 is 5.97 Å². The van der Waals surface area contributed by atoms with Crippen LogP contribution in [-0.2, 0) is 9.53 Å².